The Kier molecular flexibility index (Phi) is 5.20. The molecule has 0 fully saturated rings. The third-order valence-corrected chi connectivity index (χ3v) is 2.75. The number of halogens is 4. The van der Waals surface area contributed by atoms with Crippen molar-refractivity contribution in [3.63, 3.8) is 0 Å². The first-order chi connectivity index (χ1) is 9.51. The van der Waals surface area contributed by atoms with Crippen LogP contribution in [0.5, 0.6) is 0 Å². The molecule has 0 atom stereocenters. The van der Waals surface area contributed by atoms with Crippen molar-refractivity contribution in [3.8, 4) is 0 Å². The van der Waals surface area contributed by atoms with Gasteiger partial charge in [-0.1, -0.05) is 13.8 Å². The van der Waals surface area contributed by atoms with Gasteiger partial charge in [-0.05, 0) is 30.5 Å². The zero-order valence-electron chi connectivity index (χ0n) is 12.1. The second kappa shape index (κ2) is 6.32. The topological polar surface area (TPSA) is 46.3 Å². The molecule has 0 aliphatic rings. The molecule has 0 saturated carbocycles. The minimum Gasteiger partial charge on any atom is -0.399 e. The third-order valence-electron chi connectivity index (χ3n) is 2.75. The summed E-state index contributed by atoms with van der Waals surface area (Å²) in [5.41, 5.74) is 5.36. The van der Waals surface area contributed by atoms with Crippen molar-refractivity contribution in [1.82, 2.24) is 4.90 Å². The lowest BCUT2D eigenvalue weighted by Crippen LogP contribution is -2.41. The van der Waals surface area contributed by atoms with Crippen LogP contribution in [0.15, 0.2) is 12.1 Å². The van der Waals surface area contributed by atoms with Crippen LogP contribution in [0.1, 0.15) is 29.8 Å². The maximum Gasteiger partial charge on any atom is 0.406 e. The molecule has 21 heavy (non-hydrogen) atoms. The summed E-state index contributed by atoms with van der Waals surface area (Å²) >= 11 is 0. The summed E-state index contributed by atoms with van der Waals surface area (Å²) in [4.78, 5) is 12.8. The van der Waals surface area contributed by atoms with E-state index in [1.54, 1.807) is 13.8 Å². The highest BCUT2D eigenvalue weighted by Gasteiger charge is 2.34. The smallest absolute Gasteiger partial charge is 0.399 e. The quantitative estimate of drug-likeness (QED) is 0.685. The molecule has 0 aliphatic carbocycles. The van der Waals surface area contributed by atoms with E-state index < -0.39 is 30.0 Å². The number of nitrogens with zero attached hydrogens (tertiary/aromatic N) is 1. The fourth-order valence-electron chi connectivity index (χ4n) is 2.00. The van der Waals surface area contributed by atoms with E-state index in [0.29, 0.717) is 4.90 Å². The molecular weight excluding hydrogens is 288 g/mol. The Morgan fingerprint density at radius 1 is 1.33 bits per heavy atom. The highest BCUT2D eigenvalue weighted by atomic mass is 19.4. The highest BCUT2D eigenvalue weighted by molar-refractivity contribution is 5.95. The van der Waals surface area contributed by atoms with Crippen molar-refractivity contribution in [2.45, 2.75) is 26.9 Å². The van der Waals surface area contributed by atoms with Gasteiger partial charge in [-0.2, -0.15) is 13.2 Å². The Labute approximate surface area is 120 Å². The van der Waals surface area contributed by atoms with Crippen LogP contribution >= 0.6 is 0 Å². The number of carbonyl (C=O) groups is 1. The van der Waals surface area contributed by atoms with Crippen molar-refractivity contribution in [2.24, 2.45) is 5.92 Å². The third kappa shape index (κ3) is 4.91. The average molecular weight is 306 g/mol. The van der Waals surface area contributed by atoms with Gasteiger partial charge in [0.15, 0.2) is 0 Å². The van der Waals surface area contributed by atoms with E-state index in [0.717, 1.165) is 6.07 Å². The first-order valence-corrected chi connectivity index (χ1v) is 6.43. The molecular formula is C14H18F4N2O. The van der Waals surface area contributed by atoms with Gasteiger partial charge >= 0.3 is 6.18 Å². The molecule has 0 aromatic heterocycles. The van der Waals surface area contributed by atoms with Crippen LogP contribution in [0.25, 0.3) is 0 Å². The molecule has 0 heterocycles. The molecule has 7 heteroatoms. The van der Waals surface area contributed by atoms with Crippen LogP contribution in [0.3, 0.4) is 0 Å². The second-order valence-corrected chi connectivity index (χ2v) is 5.39. The summed E-state index contributed by atoms with van der Waals surface area (Å²) < 4.78 is 51.7. The molecule has 1 aromatic carbocycles. The standard InChI is InChI=1S/C14H18F4N2O/c1-8(2)6-20(7-14(16,17)18)13(21)11-5-10(19)4-9(3)12(11)15/h4-5,8H,6-7,19H2,1-3H3. The van der Waals surface area contributed by atoms with Crippen LogP contribution in [0, 0.1) is 18.7 Å². The molecule has 0 radical (unpaired) electrons. The fraction of sp³-hybridized carbons (Fsp3) is 0.500. The van der Waals surface area contributed by atoms with E-state index in [9.17, 15) is 22.4 Å². The summed E-state index contributed by atoms with van der Waals surface area (Å²) in [6, 6.07) is 2.39. The first kappa shape index (κ1) is 17.3. The van der Waals surface area contributed by atoms with Crippen LogP contribution in [-0.4, -0.2) is 30.1 Å². The van der Waals surface area contributed by atoms with E-state index in [1.807, 2.05) is 0 Å². The van der Waals surface area contributed by atoms with Crippen molar-refractivity contribution < 1.29 is 22.4 Å². The number of rotatable bonds is 4. The predicted molar refractivity (Wildman–Crippen MR) is 72.3 cm³/mol. The maximum absolute atomic E-state index is 14.0. The highest BCUT2D eigenvalue weighted by Crippen LogP contribution is 2.22. The molecule has 1 aromatic rings. The van der Waals surface area contributed by atoms with Gasteiger partial charge in [-0.3, -0.25) is 4.79 Å². The van der Waals surface area contributed by atoms with Crippen LogP contribution in [0.4, 0.5) is 23.2 Å². The first-order valence-electron chi connectivity index (χ1n) is 6.43. The number of aryl methyl sites for hydroxylation is 1. The Hall–Kier alpha value is -1.79. The fourth-order valence-corrected chi connectivity index (χ4v) is 2.00. The van der Waals surface area contributed by atoms with Crippen LogP contribution in [0.2, 0.25) is 0 Å². The van der Waals surface area contributed by atoms with Crippen molar-refractivity contribution >= 4 is 11.6 Å². The monoisotopic (exact) mass is 306 g/mol. The van der Waals surface area contributed by atoms with Gasteiger partial charge in [0, 0.05) is 12.2 Å². The number of carbonyl (C=O) groups excluding carboxylic acids is 1. The van der Waals surface area contributed by atoms with Gasteiger partial charge in [0.05, 0.1) is 5.56 Å². The number of hydrogen-bond donors (Lipinski definition) is 1. The molecule has 2 N–H and O–H groups in total. The number of nitrogen functional groups attached to an aromatic ring is 1. The van der Waals surface area contributed by atoms with Crippen molar-refractivity contribution in [3.05, 3.63) is 29.1 Å². The summed E-state index contributed by atoms with van der Waals surface area (Å²) in [7, 11) is 0. The van der Waals surface area contributed by atoms with E-state index in [4.69, 9.17) is 5.73 Å². The average Bonchev–Trinajstić information content (AvgIpc) is 2.29. The number of benzene rings is 1. The predicted octanol–water partition coefficient (Wildman–Crippen LogP) is 3.38. The van der Waals surface area contributed by atoms with E-state index >= 15 is 0 Å². The van der Waals surface area contributed by atoms with Gasteiger partial charge in [0.1, 0.15) is 12.4 Å². The van der Waals surface area contributed by atoms with Crippen molar-refractivity contribution in [1.29, 1.82) is 0 Å². The Balaban J connectivity index is 3.16. The summed E-state index contributed by atoms with van der Waals surface area (Å²) in [5, 5.41) is 0. The van der Waals surface area contributed by atoms with Gasteiger partial charge in [0.2, 0.25) is 0 Å². The van der Waals surface area contributed by atoms with E-state index in [-0.39, 0.29) is 23.7 Å². The molecule has 0 spiro atoms. The molecule has 118 valence electrons. The molecule has 0 bridgehead atoms. The number of alkyl halides is 3. The van der Waals surface area contributed by atoms with E-state index in [1.165, 1.54) is 13.0 Å². The Bertz CT molecular complexity index is 526. The normalized spacial score (nSPS) is 11.8. The maximum atomic E-state index is 14.0. The summed E-state index contributed by atoms with van der Waals surface area (Å²) in [5.74, 6) is -2.03. The molecule has 1 rings (SSSR count). The minimum absolute atomic E-state index is 0.119. The van der Waals surface area contributed by atoms with Crippen molar-refractivity contribution in [2.75, 3.05) is 18.8 Å². The molecule has 1 amide bonds. The zero-order chi connectivity index (χ0) is 16.4. The molecule has 0 saturated heterocycles. The largest absolute Gasteiger partial charge is 0.406 e. The molecule has 0 unspecified atom stereocenters. The van der Waals surface area contributed by atoms with Crippen LogP contribution < -0.4 is 5.73 Å². The summed E-state index contributed by atoms with van der Waals surface area (Å²) in [6.07, 6.45) is -4.55. The lowest BCUT2D eigenvalue weighted by atomic mass is 10.1. The lowest BCUT2D eigenvalue weighted by molar-refractivity contribution is -0.141. The molecule has 0 aliphatic heterocycles. The van der Waals surface area contributed by atoms with Gasteiger partial charge in [-0.25, -0.2) is 4.39 Å². The zero-order valence-corrected chi connectivity index (χ0v) is 12.1. The lowest BCUT2D eigenvalue weighted by Gasteiger charge is -2.26. The second-order valence-electron chi connectivity index (χ2n) is 5.39. The number of anilines is 1. The van der Waals surface area contributed by atoms with E-state index in [2.05, 4.69) is 0 Å². The Morgan fingerprint density at radius 3 is 2.38 bits per heavy atom. The van der Waals surface area contributed by atoms with Gasteiger partial charge in [-0.15, -0.1) is 0 Å². The van der Waals surface area contributed by atoms with Gasteiger partial charge < -0.3 is 10.6 Å². The van der Waals surface area contributed by atoms with Crippen LogP contribution in [-0.2, 0) is 0 Å². The Morgan fingerprint density at radius 2 is 1.90 bits per heavy atom. The summed E-state index contributed by atoms with van der Waals surface area (Å²) in [6.45, 7) is 3.22. The molecule has 3 nitrogen and oxygen atoms in total. The number of hydrogen-bond acceptors (Lipinski definition) is 2. The number of nitrogens with two attached hydrogens (primary N) is 1. The minimum atomic E-state index is -4.55. The SMILES string of the molecule is Cc1cc(N)cc(C(=O)N(CC(C)C)CC(F)(F)F)c1F. The van der Waals surface area contributed by atoms with Gasteiger partial charge in [0.25, 0.3) is 5.91 Å². The number of amides is 1.